The summed E-state index contributed by atoms with van der Waals surface area (Å²) >= 11 is 0. The summed E-state index contributed by atoms with van der Waals surface area (Å²) in [5.41, 5.74) is -1.27. The number of aromatic nitrogens is 3. The van der Waals surface area contributed by atoms with Crippen LogP contribution in [0.25, 0.3) is 11.3 Å². The molecule has 14 heteroatoms. The van der Waals surface area contributed by atoms with Crippen molar-refractivity contribution in [1.82, 2.24) is 20.0 Å². The van der Waals surface area contributed by atoms with E-state index in [1.165, 1.54) is 24.7 Å². The predicted octanol–water partition coefficient (Wildman–Crippen LogP) is 8.25. The molecule has 242 valence electrons. The van der Waals surface area contributed by atoms with Crippen LogP contribution in [0.2, 0.25) is 0 Å². The lowest BCUT2D eigenvalue weighted by Gasteiger charge is -2.33. The summed E-state index contributed by atoms with van der Waals surface area (Å²) < 4.78 is 92.2. The molecule has 6 rings (SSSR count). The topological polar surface area (TPSA) is 93.4 Å². The number of amides is 1. The van der Waals surface area contributed by atoms with Gasteiger partial charge >= 0.3 is 18.4 Å². The molecule has 2 aliphatic carbocycles. The first-order valence-corrected chi connectivity index (χ1v) is 15.0. The number of benzene rings is 1. The molecule has 3 heterocycles. The van der Waals surface area contributed by atoms with Crippen LogP contribution in [0.1, 0.15) is 85.4 Å². The van der Waals surface area contributed by atoms with Crippen molar-refractivity contribution in [2.24, 2.45) is 11.8 Å². The number of alkyl halides is 6. The second-order valence-corrected chi connectivity index (χ2v) is 12.3. The molecule has 1 aromatic carbocycles. The predicted molar refractivity (Wildman–Crippen MR) is 150 cm³/mol. The highest BCUT2D eigenvalue weighted by molar-refractivity contribution is 5.72. The van der Waals surface area contributed by atoms with Crippen molar-refractivity contribution in [2.45, 2.75) is 96.4 Å². The molecule has 4 atom stereocenters. The van der Waals surface area contributed by atoms with Gasteiger partial charge in [-0.2, -0.15) is 26.3 Å². The van der Waals surface area contributed by atoms with Crippen LogP contribution in [-0.4, -0.2) is 38.2 Å². The van der Waals surface area contributed by atoms with Crippen molar-refractivity contribution >= 4 is 11.9 Å². The van der Waals surface area contributed by atoms with Crippen LogP contribution in [0.15, 0.2) is 28.9 Å². The Hall–Kier alpha value is -3.84. The van der Waals surface area contributed by atoms with Crippen LogP contribution in [0.3, 0.4) is 0 Å². The molecule has 3 aliphatic rings. The van der Waals surface area contributed by atoms with Crippen LogP contribution < -0.4 is 5.32 Å². The van der Waals surface area contributed by atoms with E-state index in [-0.39, 0.29) is 18.7 Å². The van der Waals surface area contributed by atoms with E-state index < -0.39 is 47.3 Å². The highest BCUT2D eigenvalue weighted by atomic mass is 19.4. The molecule has 8 nitrogen and oxygen atoms in total. The lowest BCUT2D eigenvalue weighted by Crippen LogP contribution is -2.36. The summed E-state index contributed by atoms with van der Waals surface area (Å²) in [5.74, 6) is 2.13. The van der Waals surface area contributed by atoms with Crippen LogP contribution >= 0.6 is 0 Å². The van der Waals surface area contributed by atoms with Crippen LogP contribution in [0, 0.1) is 25.7 Å². The molecule has 2 aromatic heterocycles. The minimum Gasteiger partial charge on any atom is -0.439 e. The van der Waals surface area contributed by atoms with Crippen LogP contribution in [0.5, 0.6) is 0 Å². The molecule has 1 N–H and O–H groups in total. The van der Waals surface area contributed by atoms with Crippen LogP contribution in [0.4, 0.5) is 37.0 Å². The number of carbonyl (C=O) groups excluding carboxylic acids is 1. The average Bonchev–Trinajstić information content (AvgIpc) is 3.72. The molecule has 45 heavy (non-hydrogen) atoms. The quantitative estimate of drug-likeness (QED) is 0.261. The smallest absolute Gasteiger partial charge is 0.416 e. The van der Waals surface area contributed by atoms with Gasteiger partial charge in [-0.05, 0) is 82.1 Å². The normalized spacial score (nSPS) is 24.2. The maximum atomic E-state index is 13.6. The summed E-state index contributed by atoms with van der Waals surface area (Å²) in [7, 11) is 0. The zero-order chi connectivity index (χ0) is 32.3. The number of carbonyl (C=O) groups is 1. The van der Waals surface area contributed by atoms with E-state index in [1.807, 2.05) is 0 Å². The number of halogens is 6. The summed E-state index contributed by atoms with van der Waals surface area (Å²) in [6, 6.07) is 0.480. The Bertz CT molecular complexity index is 1530. The maximum Gasteiger partial charge on any atom is 0.416 e. The van der Waals surface area contributed by atoms with E-state index in [2.05, 4.69) is 10.5 Å². The van der Waals surface area contributed by atoms with Gasteiger partial charge in [0.1, 0.15) is 23.4 Å². The number of ether oxygens (including phenoxy) is 1. The maximum absolute atomic E-state index is 13.6. The Balaban J connectivity index is 1.34. The number of hydrogen-bond acceptors (Lipinski definition) is 7. The molecule has 0 radical (unpaired) electrons. The lowest BCUT2D eigenvalue weighted by molar-refractivity contribution is -0.143. The summed E-state index contributed by atoms with van der Waals surface area (Å²) in [6.45, 7) is 4.87. The molecule has 3 aromatic rings. The fourth-order valence-corrected chi connectivity index (χ4v) is 6.69. The van der Waals surface area contributed by atoms with Crippen molar-refractivity contribution in [1.29, 1.82) is 0 Å². The Morgan fingerprint density at radius 3 is 2.24 bits per heavy atom. The van der Waals surface area contributed by atoms with Gasteiger partial charge in [0.05, 0.1) is 46.9 Å². The third kappa shape index (κ3) is 6.32. The number of anilines is 1. The zero-order valence-electron chi connectivity index (χ0n) is 24.9. The fourth-order valence-electron chi connectivity index (χ4n) is 6.69. The average molecular weight is 638 g/mol. The first kappa shape index (κ1) is 31.2. The van der Waals surface area contributed by atoms with Gasteiger partial charge in [0.25, 0.3) is 0 Å². The number of nitrogens with one attached hydrogen (secondary N) is 1. The van der Waals surface area contributed by atoms with Gasteiger partial charge in [-0.15, -0.1) is 0 Å². The standard InChI is InChI=1S/C31H33F6N5O3/c1-15-26(17(3)45-41-15)24-13-38-28(40-23-7-5-4-6-22(23)18-8-9-18)25(39-24)14-42-16(2)27(44-29(42)43)19-10-20(30(32,33)34)12-21(11-19)31(35,36)37/h10-13,16,18,22-23,27H,4-9,14H2,1-3H3,(H,38,40)/t16-,22?,23?,27-/m0/s1. The van der Waals surface area contributed by atoms with Crippen molar-refractivity contribution in [2.75, 3.05) is 5.32 Å². The molecule has 2 saturated carbocycles. The SMILES string of the molecule is Cc1noc(C)c1-c1cnc(NC2CCCCC2C2CC2)c(CN2C(=O)O[C@H](c3cc(C(F)(F)F)cc(C(F)(F)F)c3)[C@@H]2C)n1. The second kappa shape index (κ2) is 11.5. The van der Waals surface area contributed by atoms with Crippen LogP contribution in [-0.2, 0) is 23.6 Å². The van der Waals surface area contributed by atoms with Gasteiger partial charge in [-0.1, -0.05) is 18.0 Å². The molecule has 1 aliphatic heterocycles. The molecule has 3 fully saturated rings. The number of hydrogen-bond donors (Lipinski definition) is 1. The minimum absolute atomic E-state index is 0.0522. The van der Waals surface area contributed by atoms with E-state index in [9.17, 15) is 31.1 Å². The van der Waals surface area contributed by atoms with Crippen molar-refractivity contribution < 1.29 is 40.4 Å². The summed E-state index contributed by atoms with van der Waals surface area (Å²) in [5, 5.41) is 7.57. The van der Waals surface area contributed by atoms with E-state index >= 15 is 0 Å². The molecular weight excluding hydrogens is 604 g/mol. The minimum atomic E-state index is -5.03. The van der Waals surface area contributed by atoms with Crippen molar-refractivity contribution in [3.8, 4) is 11.3 Å². The number of aryl methyl sites for hydroxylation is 2. The Kier molecular flexibility index (Phi) is 7.97. The monoisotopic (exact) mass is 637 g/mol. The van der Waals surface area contributed by atoms with Gasteiger partial charge in [0.15, 0.2) is 0 Å². The third-order valence-corrected chi connectivity index (χ3v) is 9.15. The molecule has 1 amide bonds. The lowest BCUT2D eigenvalue weighted by atomic mass is 9.81. The Labute approximate surface area is 255 Å². The molecule has 1 saturated heterocycles. The second-order valence-electron chi connectivity index (χ2n) is 12.3. The first-order chi connectivity index (χ1) is 21.2. The Morgan fingerprint density at radius 1 is 0.978 bits per heavy atom. The Morgan fingerprint density at radius 2 is 1.64 bits per heavy atom. The van der Waals surface area contributed by atoms with E-state index in [0.717, 1.165) is 25.7 Å². The fraction of sp³-hybridized carbons (Fsp3) is 0.548. The summed E-state index contributed by atoms with van der Waals surface area (Å²) in [6.07, 6.45) is -4.07. The molecular formula is C31H33F6N5O3. The van der Waals surface area contributed by atoms with Crippen molar-refractivity contribution in [3.05, 3.63) is 58.2 Å². The van der Waals surface area contributed by atoms with E-state index in [4.69, 9.17) is 19.2 Å². The van der Waals surface area contributed by atoms with E-state index in [0.29, 0.717) is 58.2 Å². The third-order valence-electron chi connectivity index (χ3n) is 9.15. The highest BCUT2D eigenvalue weighted by Gasteiger charge is 2.44. The summed E-state index contributed by atoms with van der Waals surface area (Å²) in [4.78, 5) is 24.0. The number of cyclic esters (lactones) is 1. The van der Waals surface area contributed by atoms with Gasteiger partial charge < -0.3 is 14.6 Å². The van der Waals surface area contributed by atoms with Gasteiger partial charge in [0.2, 0.25) is 0 Å². The van der Waals surface area contributed by atoms with Crippen molar-refractivity contribution in [3.63, 3.8) is 0 Å². The first-order valence-electron chi connectivity index (χ1n) is 15.0. The largest absolute Gasteiger partial charge is 0.439 e. The highest BCUT2D eigenvalue weighted by Crippen LogP contribution is 2.45. The van der Waals surface area contributed by atoms with Gasteiger partial charge in [0, 0.05) is 6.04 Å². The number of nitrogens with zero attached hydrogens (tertiary/aromatic N) is 4. The van der Waals surface area contributed by atoms with E-state index in [1.54, 1.807) is 20.0 Å². The molecule has 2 unspecified atom stereocenters. The molecule has 0 spiro atoms. The van der Waals surface area contributed by atoms with Gasteiger partial charge in [-0.25, -0.2) is 14.8 Å². The van der Waals surface area contributed by atoms with Gasteiger partial charge in [-0.3, -0.25) is 4.90 Å². The number of rotatable bonds is 7. The molecule has 0 bridgehead atoms. The zero-order valence-corrected chi connectivity index (χ0v) is 24.9.